The molecule has 0 spiro atoms. The van der Waals surface area contributed by atoms with Gasteiger partial charge in [0, 0.05) is 6.61 Å². The Balaban J connectivity index is 3.49. The summed E-state index contributed by atoms with van der Waals surface area (Å²) in [4.78, 5) is 0. The summed E-state index contributed by atoms with van der Waals surface area (Å²) in [6.07, 6.45) is -0.204. The van der Waals surface area contributed by atoms with Gasteiger partial charge in [0.1, 0.15) is 6.10 Å². The van der Waals surface area contributed by atoms with Gasteiger partial charge in [0.05, 0.1) is 6.61 Å². The summed E-state index contributed by atoms with van der Waals surface area (Å²) < 4.78 is 10.0. The maximum Gasteiger partial charge on any atom is 0.210 e. The minimum Gasteiger partial charge on any atom is -0.480 e. The monoisotopic (exact) mass is 145 g/mol. The Labute approximate surface area is 61.8 Å². The number of ether oxygens (including phenoxy) is 2. The fourth-order valence-corrected chi connectivity index (χ4v) is 0.599. The third-order valence-corrected chi connectivity index (χ3v) is 1.09. The van der Waals surface area contributed by atoms with Gasteiger partial charge in [0.15, 0.2) is 0 Å². The fourth-order valence-electron chi connectivity index (χ4n) is 0.599. The van der Waals surface area contributed by atoms with E-state index < -0.39 is 0 Å². The lowest BCUT2D eigenvalue weighted by molar-refractivity contribution is 0.0993. The van der Waals surface area contributed by atoms with Crippen molar-refractivity contribution in [2.45, 2.75) is 26.9 Å². The molecular weight excluding hydrogens is 130 g/mol. The molecule has 0 saturated carbocycles. The summed E-state index contributed by atoms with van der Waals surface area (Å²) in [6, 6.07) is 0. The SMILES string of the molecule is CCOC(=N)[C@@H](C)OCC. The van der Waals surface area contributed by atoms with Crippen molar-refractivity contribution in [2.24, 2.45) is 0 Å². The van der Waals surface area contributed by atoms with E-state index in [4.69, 9.17) is 14.9 Å². The van der Waals surface area contributed by atoms with Crippen LogP contribution >= 0.6 is 0 Å². The molecule has 3 nitrogen and oxygen atoms in total. The summed E-state index contributed by atoms with van der Waals surface area (Å²) in [5.74, 6) is 0.212. The summed E-state index contributed by atoms with van der Waals surface area (Å²) in [5, 5.41) is 7.25. The average Bonchev–Trinajstić information content (AvgIpc) is 1.89. The van der Waals surface area contributed by atoms with Gasteiger partial charge in [0.2, 0.25) is 5.90 Å². The Bertz CT molecular complexity index is 104. The molecule has 0 aromatic heterocycles. The number of rotatable bonds is 4. The predicted octanol–water partition coefficient (Wildman–Crippen LogP) is 1.43. The highest BCUT2D eigenvalue weighted by atomic mass is 16.5. The average molecular weight is 145 g/mol. The predicted molar refractivity (Wildman–Crippen MR) is 40.4 cm³/mol. The number of hydrogen-bond acceptors (Lipinski definition) is 3. The van der Waals surface area contributed by atoms with E-state index in [2.05, 4.69) is 0 Å². The minimum atomic E-state index is -0.204. The smallest absolute Gasteiger partial charge is 0.210 e. The summed E-state index contributed by atoms with van der Waals surface area (Å²) in [6.45, 7) is 6.72. The first kappa shape index (κ1) is 9.43. The van der Waals surface area contributed by atoms with Crippen LogP contribution in [0.15, 0.2) is 0 Å². The zero-order valence-electron chi connectivity index (χ0n) is 6.81. The van der Waals surface area contributed by atoms with Crippen molar-refractivity contribution >= 4 is 5.90 Å². The normalized spacial score (nSPS) is 12.7. The zero-order chi connectivity index (χ0) is 7.98. The van der Waals surface area contributed by atoms with Crippen LogP contribution in [0, 0.1) is 5.41 Å². The van der Waals surface area contributed by atoms with Gasteiger partial charge >= 0.3 is 0 Å². The highest BCUT2D eigenvalue weighted by Gasteiger charge is 2.07. The van der Waals surface area contributed by atoms with Gasteiger partial charge in [-0.1, -0.05) is 0 Å². The van der Waals surface area contributed by atoms with Crippen LogP contribution in [0.2, 0.25) is 0 Å². The second kappa shape index (κ2) is 5.23. The van der Waals surface area contributed by atoms with Crippen LogP contribution in [0.3, 0.4) is 0 Å². The van der Waals surface area contributed by atoms with Crippen LogP contribution in [0.5, 0.6) is 0 Å². The van der Waals surface area contributed by atoms with Crippen molar-refractivity contribution in [3.8, 4) is 0 Å². The van der Waals surface area contributed by atoms with Gasteiger partial charge in [0.25, 0.3) is 0 Å². The quantitative estimate of drug-likeness (QED) is 0.480. The van der Waals surface area contributed by atoms with Crippen LogP contribution in [0.1, 0.15) is 20.8 Å². The second-order valence-corrected chi connectivity index (χ2v) is 1.89. The van der Waals surface area contributed by atoms with Crippen LogP contribution in [-0.2, 0) is 9.47 Å². The van der Waals surface area contributed by atoms with Crippen molar-refractivity contribution in [3.05, 3.63) is 0 Å². The molecule has 0 aliphatic carbocycles. The highest BCUT2D eigenvalue weighted by molar-refractivity contribution is 5.77. The van der Waals surface area contributed by atoms with Crippen LogP contribution < -0.4 is 0 Å². The molecule has 3 heteroatoms. The molecule has 0 aromatic rings. The van der Waals surface area contributed by atoms with Crippen LogP contribution in [-0.4, -0.2) is 25.2 Å². The minimum absolute atomic E-state index is 0.204. The van der Waals surface area contributed by atoms with E-state index in [0.29, 0.717) is 13.2 Å². The van der Waals surface area contributed by atoms with E-state index in [1.165, 1.54) is 0 Å². The molecular formula is C7H15NO2. The molecule has 10 heavy (non-hydrogen) atoms. The molecule has 0 fully saturated rings. The first-order valence-corrected chi connectivity index (χ1v) is 3.55. The molecule has 0 rings (SSSR count). The molecule has 0 bridgehead atoms. The van der Waals surface area contributed by atoms with Crippen molar-refractivity contribution in [3.63, 3.8) is 0 Å². The van der Waals surface area contributed by atoms with E-state index in [9.17, 15) is 0 Å². The van der Waals surface area contributed by atoms with E-state index in [1.54, 1.807) is 0 Å². The van der Waals surface area contributed by atoms with E-state index in [0.717, 1.165) is 0 Å². The highest BCUT2D eigenvalue weighted by Crippen LogP contribution is 1.93. The lowest BCUT2D eigenvalue weighted by Gasteiger charge is -2.12. The largest absolute Gasteiger partial charge is 0.480 e. The Morgan fingerprint density at radius 2 is 2.00 bits per heavy atom. The molecule has 0 radical (unpaired) electrons. The summed E-state index contributed by atoms with van der Waals surface area (Å²) in [7, 11) is 0. The maximum absolute atomic E-state index is 7.25. The Morgan fingerprint density at radius 1 is 1.40 bits per heavy atom. The molecule has 1 atom stereocenters. The first-order chi connectivity index (χ1) is 4.72. The Morgan fingerprint density at radius 3 is 2.40 bits per heavy atom. The first-order valence-electron chi connectivity index (χ1n) is 3.55. The van der Waals surface area contributed by atoms with Crippen molar-refractivity contribution in [1.29, 1.82) is 5.41 Å². The molecule has 0 aromatic carbocycles. The van der Waals surface area contributed by atoms with Crippen molar-refractivity contribution < 1.29 is 9.47 Å². The number of nitrogens with one attached hydrogen (secondary N) is 1. The molecule has 1 N–H and O–H groups in total. The molecule has 0 aliphatic heterocycles. The molecule has 0 aliphatic rings. The summed E-state index contributed by atoms with van der Waals surface area (Å²) >= 11 is 0. The third kappa shape index (κ3) is 3.45. The lowest BCUT2D eigenvalue weighted by Crippen LogP contribution is -2.22. The standard InChI is InChI=1S/C7H15NO2/c1-4-9-6(3)7(8)10-5-2/h6,8H,4-5H2,1-3H3/t6-/m1/s1. The zero-order valence-corrected chi connectivity index (χ0v) is 6.81. The number of hydrogen-bond donors (Lipinski definition) is 1. The third-order valence-electron chi connectivity index (χ3n) is 1.09. The summed E-state index contributed by atoms with van der Waals surface area (Å²) in [5.41, 5.74) is 0. The molecule has 0 amide bonds. The van der Waals surface area contributed by atoms with Gasteiger partial charge < -0.3 is 9.47 Å². The topological polar surface area (TPSA) is 42.3 Å². The lowest BCUT2D eigenvalue weighted by atomic mass is 10.4. The van der Waals surface area contributed by atoms with E-state index in [1.807, 2.05) is 20.8 Å². The van der Waals surface area contributed by atoms with E-state index in [-0.39, 0.29) is 12.0 Å². The van der Waals surface area contributed by atoms with Crippen LogP contribution in [0.4, 0.5) is 0 Å². The van der Waals surface area contributed by atoms with Gasteiger partial charge in [-0.3, -0.25) is 5.41 Å². The molecule has 0 unspecified atom stereocenters. The second-order valence-electron chi connectivity index (χ2n) is 1.89. The van der Waals surface area contributed by atoms with Gasteiger partial charge in [-0.05, 0) is 20.8 Å². The molecule has 0 heterocycles. The Hall–Kier alpha value is -0.570. The molecule has 0 saturated heterocycles. The van der Waals surface area contributed by atoms with Crippen LogP contribution in [0.25, 0.3) is 0 Å². The fraction of sp³-hybridized carbons (Fsp3) is 0.857. The maximum atomic E-state index is 7.25. The van der Waals surface area contributed by atoms with E-state index >= 15 is 0 Å². The van der Waals surface area contributed by atoms with Gasteiger partial charge in [-0.25, -0.2) is 0 Å². The van der Waals surface area contributed by atoms with Crippen molar-refractivity contribution in [2.75, 3.05) is 13.2 Å². The van der Waals surface area contributed by atoms with Gasteiger partial charge in [-0.2, -0.15) is 0 Å². The van der Waals surface area contributed by atoms with Gasteiger partial charge in [-0.15, -0.1) is 0 Å². The van der Waals surface area contributed by atoms with Crippen molar-refractivity contribution in [1.82, 2.24) is 0 Å². The Kier molecular flexibility index (Phi) is 4.94. The molecule has 60 valence electrons.